The number of primary amides is 1. The van der Waals surface area contributed by atoms with E-state index in [4.69, 9.17) is 40.9 Å². The van der Waals surface area contributed by atoms with Crippen LogP contribution in [0.25, 0.3) is 0 Å². The van der Waals surface area contributed by atoms with Crippen LogP contribution in [0.4, 0.5) is 11.4 Å². The Bertz CT molecular complexity index is 3380. The summed E-state index contributed by atoms with van der Waals surface area (Å²) in [6.45, 7) is 67.0. The number of Topliss-reactive ketones (excluding diaryl/α,β-unsaturated/α-hetero) is 1. The Morgan fingerprint density at radius 3 is 0.871 bits per heavy atom. The van der Waals surface area contributed by atoms with Crippen LogP contribution in [0.1, 0.15) is 463 Å². The van der Waals surface area contributed by atoms with Gasteiger partial charge in [0, 0.05) is 56.4 Å². The van der Waals surface area contributed by atoms with Crippen molar-refractivity contribution in [2.45, 2.75) is 474 Å². The molecule has 0 spiro atoms. The molecule has 1 aromatic heterocycles. The Morgan fingerprint density at radius 2 is 0.592 bits per heavy atom. The summed E-state index contributed by atoms with van der Waals surface area (Å²) in [6.07, 6.45) is 46.4. The highest BCUT2D eigenvalue weighted by molar-refractivity contribution is 7.82. The summed E-state index contributed by atoms with van der Waals surface area (Å²) in [5, 5.41) is 3.10. The van der Waals surface area contributed by atoms with E-state index in [1.807, 2.05) is 79.9 Å². The molecule has 30 N–H and O–H groups in total. The molecule has 0 aliphatic heterocycles. The zero-order valence-corrected chi connectivity index (χ0v) is 105. The second kappa shape index (κ2) is 129. The zero-order valence-electron chi connectivity index (χ0n) is 99.1. The van der Waals surface area contributed by atoms with E-state index in [2.05, 4.69) is 298 Å². The number of hydrogen-bond acceptors (Lipinski definition) is 19. The predicted octanol–water partition coefficient (Wildman–Crippen LogP) is 26.6. The van der Waals surface area contributed by atoms with E-state index in [-0.39, 0.29) is 106 Å². The summed E-state index contributed by atoms with van der Waals surface area (Å²) < 4.78 is 32.3. The van der Waals surface area contributed by atoms with Crippen molar-refractivity contribution >= 4 is 116 Å². The van der Waals surface area contributed by atoms with Gasteiger partial charge in [-0.05, 0) is 168 Å². The maximum Gasteiger partial charge on any atom is 0.311 e. The number of nitrogen functional groups attached to an aromatic ring is 2. The van der Waals surface area contributed by atoms with Gasteiger partial charge < -0.3 is 111 Å². The van der Waals surface area contributed by atoms with Gasteiger partial charge in [0.1, 0.15) is 17.2 Å². The smallest absolute Gasteiger partial charge is 0.311 e. The number of thiazole rings is 1. The van der Waals surface area contributed by atoms with Crippen LogP contribution in [0.2, 0.25) is 0 Å². The molecule has 1 heterocycles. The van der Waals surface area contributed by atoms with E-state index in [0.29, 0.717) is 25.2 Å². The van der Waals surface area contributed by atoms with Gasteiger partial charge in [0.15, 0.2) is 17.3 Å². The van der Waals surface area contributed by atoms with Crippen LogP contribution in [-0.2, 0) is 35.2 Å². The van der Waals surface area contributed by atoms with Crippen molar-refractivity contribution in [3.63, 3.8) is 0 Å². The SMILES string of the molecule is CC(C)(C)S.CC(C)(C)S.CC(C)(C)S.CC(C)(C)S.CC(C)(C)S.CC(C)(C)S.CCCCCCC.CCCCCCC.CCCCCCC.CCCCCCCc1ccc(OCC)c(OCC)c1.CCCCCCCc1cccc(C(C)=O)c1.CCCCCCCc1nc(CC(=O)OC)cs1.CCCCOc1ccc(N)cc1.COc1ccc(C(N)=O)cc1.COc1ccc(N)cc1.O.O.O.O.O.O.O.O.O.O.O.O. The van der Waals surface area contributed by atoms with Gasteiger partial charge in [0.2, 0.25) is 5.91 Å². The number of anilines is 2. The maximum atomic E-state index is 11.2. The molecule has 0 saturated heterocycles. The lowest BCUT2D eigenvalue weighted by atomic mass is 10.0. The van der Waals surface area contributed by atoms with Crippen molar-refractivity contribution in [1.29, 1.82) is 0 Å². The first-order valence-corrected chi connectivity index (χ1v) is 54.7. The average molecular weight is 2240 g/mol. The van der Waals surface area contributed by atoms with Crippen molar-refractivity contribution in [3.8, 4) is 28.7 Å². The minimum absolute atomic E-state index is 0. The fourth-order valence-electron chi connectivity index (χ4n) is 9.99. The van der Waals surface area contributed by atoms with E-state index < -0.39 is 5.91 Å². The van der Waals surface area contributed by atoms with Crippen molar-refractivity contribution < 1.29 is 109 Å². The predicted molar refractivity (Wildman–Crippen MR) is 670 cm³/mol. The monoisotopic (exact) mass is 2230 g/mol. The van der Waals surface area contributed by atoms with Gasteiger partial charge in [-0.1, -0.05) is 398 Å². The van der Waals surface area contributed by atoms with E-state index in [1.54, 1.807) is 68.9 Å². The molecule has 0 unspecified atom stereocenters. The molecule has 0 saturated carbocycles. The van der Waals surface area contributed by atoms with E-state index >= 15 is 0 Å². The van der Waals surface area contributed by atoms with Gasteiger partial charge in [-0.2, -0.15) is 75.8 Å². The van der Waals surface area contributed by atoms with E-state index in [9.17, 15) is 14.4 Å². The molecule has 0 bridgehead atoms. The molecular formula is C115H236N4O21S7. The molecule has 884 valence electrons. The lowest BCUT2D eigenvalue weighted by molar-refractivity contribution is -0.139. The average Bonchev–Trinajstić information content (AvgIpc) is 1.60. The molecule has 1 amide bonds. The van der Waals surface area contributed by atoms with E-state index in [0.717, 1.165) is 95.1 Å². The number of unbranched alkanes of at least 4 members (excludes halogenated alkanes) is 25. The Kier molecular flexibility index (Phi) is 169. The van der Waals surface area contributed by atoms with Crippen LogP contribution in [0.5, 0.6) is 28.7 Å². The number of rotatable bonds is 44. The fourth-order valence-corrected chi connectivity index (χ4v) is 10.8. The minimum Gasteiger partial charge on any atom is -0.497 e. The minimum atomic E-state index is -0.423. The zero-order chi connectivity index (χ0) is 106. The molecule has 147 heavy (non-hydrogen) atoms. The lowest BCUT2D eigenvalue weighted by Gasteiger charge is -2.12. The summed E-state index contributed by atoms with van der Waals surface area (Å²) in [7, 11) is 4.61. The van der Waals surface area contributed by atoms with Gasteiger partial charge in [0.25, 0.3) is 0 Å². The number of ether oxygens (including phenoxy) is 6. The number of aryl methyl sites for hydroxylation is 3. The molecule has 6 rings (SSSR count). The second-order valence-corrected chi connectivity index (χ2v) is 48.2. The number of amides is 1. The van der Waals surface area contributed by atoms with Gasteiger partial charge in [0.05, 0.1) is 58.3 Å². The van der Waals surface area contributed by atoms with Gasteiger partial charge in [-0.3, -0.25) is 14.4 Å². The molecule has 0 radical (unpaired) electrons. The Labute approximate surface area is 937 Å². The Hall–Kier alpha value is -5.44. The van der Waals surface area contributed by atoms with Crippen LogP contribution in [0.3, 0.4) is 0 Å². The highest BCUT2D eigenvalue weighted by atomic mass is 32.1. The number of hydrogen-bond donors (Lipinski definition) is 9. The number of thiol groups is 6. The van der Waals surface area contributed by atoms with Crippen LogP contribution in [0.15, 0.2) is 121 Å². The maximum absolute atomic E-state index is 11.2. The second-order valence-electron chi connectivity index (χ2n) is 39.2. The number of esters is 1. The number of nitrogens with zero attached hydrogens (tertiary/aromatic N) is 1. The third-order valence-electron chi connectivity index (χ3n) is 16.5. The van der Waals surface area contributed by atoms with Crippen molar-refractivity contribution in [3.05, 3.63) is 154 Å². The van der Waals surface area contributed by atoms with Gasteiger partial charge in [-0.15, -0.1) is 11.3 Å². The summed E-state index contributed by atoms with van der Waals surface area (Å²) in [5.74, 6) is 3.72. The summed E-state index contributed by atoms with van der Waals surface area (Å²) in [6, 6.07) is 35.7. The van der Waals surface area contributed by atoms with Gasteiger partial charge >= 0.3 is 5.97 Å². The topological polar surface area (TPSA) is 576 Å². The number of carbonyl (C=O) groups excluding carboxylic acids is 3. The van der Waals surface area contributed by atoms with Crippen molar-refractivity contribution in [1.82, 2.24) is 4.98 Å². The van der Waals surface area contributed by atoms with Crippen LogP contribution in [0, 0.1) is 0 Å². The fraction of sp³-hybridized carbons (Fsp3) is 0.687. The van der Waals surface area contributed by atoms with Crippen molar-refractivity contribution in [2.24, 2.45) is 5.73 Å². The number of carbonyl (C=O) groups is 3. The Morgan fingerprint density at radius 1 is 0.320 bits per heavy atom. The molecule has 5 aromatic carbocycles. The van der Waals surface area contributed by atoms with Crippen LogP contribution < -0.4 is 40.9 Å². The standard InChI is InChI=1S/C17H28O2.C15H22O.C13H21NO2S.C10H15NO.C8H9NO2.C7H9NO.3C7H16.6C4H10S.12H2O/c1-4-7-8-9-10-11-15-12-13-16(18-5-2)17(14-15)19-6-3;1-3-4-5-6-7-9-14-10-8-11-15(12-14)13(2)16;1-3-4-5-6-7-8-12-14-11(10-17-12)9-13(15)16-2;1-2-3-8-12-10-6-4-9(11)5-7-10;1-11-7-4-2-6(3-5-7)8(9)10;1-9-7-4-2-6(8)3-5-7;3*1-3-5-7-6-4-2;6*1-4(2,3)5;;;;;;;;;;;;/h12-14H,4-11H2,1-3H3;8,10-12H,3-7,9H2,1-2H3;10H,3-9H2,1-2H3;4-7H,2-3,8,11H2,1H3;2-5H,1H3,(H2,9,10);2-5H,8H2,1H3;3*3-7H2,1-2H3;6*5H,1-3H3;12*1H2. The largest absolute Gasteiger partial charge is 0.497 e. The molecule has 32 heteroatoms. The quantitative estimate of drug-likeness (QED) is 0.00567. The summed E-state index contributed by atoms with van der Waals surface area (Å²) in [4.78, 5) is 37.3. The molecule has 25 nitrogen and oxygen atoms in total. The number of aromatic nitrogens is 1. The summed E-state index contributed by atoms with van der Waals surface area (Å²) in [5.41, 5.74) is 22.3. The number of nitrogens with two attached hydrogens (primary N) is 3. The number of methoxy groups -OCH3 is 3. The first-order chi connectivity index (χ1) is 62.9. The lowest BCUT2D eigenvalue weighted by Crippen LogP contribution is -2.10. The third-order valence-corrected chi connectivity index (χ3v) is 17.4. The summed E-state index contributed by atoms with van der Waals surface area (Å²) >= 11 is 26.4. The molecule has 0 fully saturated rings. The molecular weight excluding hydrogens is 2000 g/mol. The van der Waals surface area contributed by atoms with Crippen molar-refractivity contribution in [2.75, 3.05) is 52.6 Å². The Balaban J connectivity index is -0.0000000619. The number of benzene rings is 5. The highest BCUT2D eigenvalue weighted by Crippen LogP contribution is 2.30. The molecule has 0 atom stereocenters. The highest BCUT2D eigenvalue weighted by Gasteiger charge is 2.10. The molecule has 6 aromatic rings. The van der Waals surface area contributed by atoms with Crippen LogP contribution in [-0.4, -0.2) is 158 Å². The van der Waals surface area contributed by atoms with E-state index in [1.165, 1.54) is 211 Å². The first kappa shape index (κ1) is 192. The molecule has 0 aliphatic rings. The molecule has 0 aliphatic carbocycles. The number of ketones is 1. The van der Waals surface area contributed by atoms with Crippen LogP contribution >= 0.6 is 87.1 Å². The normalized spacial score (nSPS) is 9.52. The van der Waals surface area contributed by atoms with Gasteiger partial charge in [-0.25, -0.2) is 4.98 Å². The first-order valence-electron chi connectivity index (χ1n) is 51.1. The third kappa shape index (κ3) is 192.